The van der Waals surface area contributed by atoms with Gasteiger partial charge < -0.3 is 5.32 Å². The third kappa shape index (κ3) is 1.34. The fourth-order valence-electron chi connectivity index (χ4n) is 2.44. The second-order valence-electron chi connectivity index (χ2n) is 3.87. The van der Waals surface area contributed by atoms with E-state index in [1.54, 1.807) is 6.42 Å². The Morgan fingerprint density at radius 3 is 2.00 bits per heavy atom. The summed E-state index contributed by atoms with van der Waals surface area (Å²) in [5.41, 5.74) is 0. The van der Waals surface area contributed by atoms with Gasteiger partial charge in [-0.3, -0.25) is 0 Å². The van der Waals surface area contributed by atoms with E-state index in [4.69, 9.17) is 0 Å². The van der Waals surface area contributed by atoms with Crippen molar-refractivity contribution in [3.63, 3.8) is 0 Å². The summed E-state index contributed by atoms with van der Waals surface area (Å²) in [5.74, 6) is 2.16. The standard InChI is InChI=1S/C9H17N/c1-2-9-4-6-10-5-3-8(1)7-9/h8-10H,1-7H2. The van der Waals surface area contributed by atoms with Crippen LogP contribution in [0, 0.1) is 11.8 Å². The molecule has 0 aromatic carbocycles. The molecule has 1 saturated heterocycles. The molecular weight excluding hydrogens is 122 g/mol. The highest BCUT2D eigenvalue weighted by molar-refractivity contribution is 4.78. The number of hydrogen-bond donors (Lipinski definition) is 1. The number of fused-ring (bicyclic) bond motifs is 2. The highest BCUT2D eigenvalue weighted by atomic mass is 14.8. The molecule has 2 rings (SSSR count). The van der Waals surface area contributed by atoms with Crippen LogP contribution in [0.2, 0.25) is 0 Å². The molecule has 2 fully saturated rings. The smallest absolute Gasteiger partial charge is 0.00463 e. The van der Waals surface area contributed by atoms with Crippen molar-refractivity contribution < 1.29 is 0 Å². The van der Waals surface area contributed by atoms with Crippen molar-refractivity contribution in [1.82, 2.24) is 5.32 Å². The van der Waals surface area contributed by atoms with Crippen LogP contribution in [0.1, 0.15) is 32.1 Å². The zero-order chi connectivity index (χ0) is 6.81. The molecule has 0 amide bonds. The van der Waals surface area contributed by atoms with Crippen LogP contribution in [0.15, 0.2) is 0 Å². The van der Waals surface area contributed by atoms with Crippen LogP contribution >= 0.6 is 0 Å². The Morgan fingerprint density at radius 2 is 1.40 bits per heavy atom. The second kappa shape index (κ2) is 2.91. The molecule has 0 radical (unpaired) electrons. The van der Waals surface area contributed by atoms with E-state index in [1.807, 2.05) is 0 Å². The number of nitrogens with one attached hydrogen (secondary N) is 1. The first-order valence-corrected chi connectivity index (χ1v) is 4.66. The van der Waals surface area contributed by atoms with E-state index in [9.17, 15) is 0 Å². The van der Waals surface area contributed by atoms with Crippen molar-refractivity contribution in [3.8, 4) is 0 Å². The van der Waals surface area contributed by atoms with E-state index < -0.39 is 0 Å². The summed E-state index contributed by atoms with van der Waals surface area (Å²) in [6.07, 6.45) is 7.47. The summed E-state index contributed by atoms with van der Waals surface area (Å²) in [5, 5.41) is 3.49. The maximum atomic E-state index is 3.49. The predicted octanol–water partition coefficient (Wildman–Crippen LogP) is 1.79. The molecule has 2 bridgehead atoms. The van der Waals surface area contributed by atoms with Gasteiger partial charge in [0.15, 0.2) is 0 Å². The quantitative estimate of drug-likeness (QED) is 0.539. The zero-order valence-electron chi connectivity index (χ0n) is 6.60. The molecule has 1 nitrogen and oxygen atoms in total. The van der Waals surface area contributed by atoms with Crippen LogP contribution in [-0.4, -0.2) is 13.1 Å². The summed E-state index contributed by atoms with van der Waals surface area (Å²) < 4.78 is 0. The van der Waals surface area contributed by atoms with Crippen LogP contribution in [-0.2, 0) is 0 Å². The highest BCUT2D eigenvalue weighted by Crippen LogP contribution is 2.35. The molecule has 1 aliphatic heterocycles. The molecule has 1 aliphatic carbocycles. The fraction of sp³-hybridized carbons (Fsp3) is 1.00. The van der Waals surface area contributed by atoms with Gasteiger partial charge in [-0.2, -0.15) is 0 Å². The molecule has 1 saturated carbocycles. The molecule has 0 aromatic heterocycles. The minimum atomic E-state index is 1.08. The van der Waals surface area contributed by atoms with Crippen LogP contribution in [0.25, 0.3) is 0 Å². The summed E-state index contributed by atoms with van der Waals surface area (Å²) in [6, 6.07) is 0. The molecule has 58 valence electrons. The first kappa shape index (κ1) is 6.66. The monoisotopic (exact) mass is 139 g/mol. The number of rotatable bonds is 0. The lowest BCUT2D eigenvalue weighted by molar-refractivity contribution is 0.395. The molecule has 2 unspecified atom stereocenters. The van der Waals surface area contributed by atoms with E-state index in [0.29, 0.717) is 0 Å². The lowest BCUT2D eigenvalue weighted by Crippen LogP contribution is -2.22. The molecule has 2 atom stereocenters. The Bertz CT molecular complexity index is 99.3. The van der Waals surface area contributed by atoms with E-state index >= 15 is 0 Å². The summed E-state index contributed by atoms with van der Waals surface area (Å²) in [4.78, 5) is 0. The molecule has 10 heavy (non-hydrogen) atoms. The molecule has 0 spiro atoms. The number of hydrogen-bond acceptors (Lipinski definition) is 1. The SMILES string of the molecule is C1CC2CCC(CCN1)C2. The van der Waals surface area contributed by atoms with Gasteiger partial charge in [-0.1, -0.05) is 12.8 Å². The van der Waals surface area contributed by atoms with Gasteiger partial charge in [0, 0.05) is 0 Å². The normalized spacial score (nSPS) is 40.8. The average molecular weight is 139 g/mol. The Hall–Kier alpha value is -0.0400. The minimum Gasteiger partial charge on any atom is -0.317 e. The van der Waals surface area contributed by atoms with Crippen molar-refractivity contribution in [2.75, 3.05) is 13.1 Å². The van der Waals surface area contributed by atoms with Gasteiger partial charge in [-0.25, -0.2) is 0 Å². The first-order chi connectivity index (χ1) is 4.95. The van der Waals surface area contributed by atoms with Gasteiger partial charge in [0.2, 0.25) is 0 Å². The van der Waals surface area contributed by atoms with Gasteiger partial charge >= 0.3 is 0 Å². The van der Waals surface area contributed by atoms with E-state index in [-0.39, 0.29) is 0 Å². The summed E-state index contributed by atoms with van der Waals surface area (Å²) >= 11 is 0. The maximum absolute atomic E-state index is 3.49. The Balaban J connectivity index is 1.91. The third-order valence-corrected chi connectivity index (χ3v) is 3.11. The molecule has 0 aromatic rings. The first-order valence-electron chi connectivity index (χ1n) is 4.66. The highest BCUT2D eigenvalue weighted by Gasteiger charge is 2.24. The molecule has 2 aliphatic rings. The van der Waals surface area contributed by atoms with E-state index in [1.165, 1.54) is 38.8 Å². The van der Waals surface area contributed by atoms with E-state index in [0.717, 1.165) is 11.8 Å². The van der Waals surface area contributed by atoms with Gasteiger partial charge in [-0.05, 0) is 44.2 Å². The topological polar surface area (TPSA) is 12.0 Å². The van der Waals surface area contributed by atoms with Crippen molar-refractivity contribution in [2.24, 2.45) is 11.8 Å². The average Bonchev–Trinajstić information content (AvgIpc) is 2.30. The van der Waals surface area contributed by atoms with Crippen LogP contribution in [0.4, 0.5) is 0 Å². The van der Waals surface area contributed by atoms with Gasteiger partial charge in [0.1, 0.15) is 0 Å². The van der Waals surface area contributed by atoms with Crippen LogP contribution in [0.5, 0.6) is 0 Å². The van der Waals surface area contributed by atoms with Gasteiger partial charge in [-0.15, -0.1) is 0 Å². The second-order valence-corrected chi connectivity index (χ2v) is 3.87. The maximum Gasteiger partial charge on any atom is -0.00463 e. The minimum absolute atomic E-state index is 1.08. The van der Waals surface area contributed by atoms with E-state index in [2.05, 4.69) is 5.32 Å². The van der Waals surface area contributed by atoms with Gasteiger partial charge in [0.05, 0.1) is 0 Å². The Morgan fingerprint density at radius 1 is 0.800 bits per heavy atom. The van der Waals surface area contributed by atoms with Crippen molar-refractivity contribution in [1.29, 1.82) is 0 Å². The molecule has 1 N–H and O–H groups in total. The Kier molecular flexibility index (Phi) is 1.94. The summed E-state index contributed by atoms with van der Waals surface area (Å²) in [7, 11) is 0. The molecular formula is C9H17N. The van der Waals surface area contributed by atoms with Crippen LogP contribution < -0.4 is 5.32 Å². The lowest BCUT2D eigenvalue weighted by atomic mass is 9.98. The zero-order valence-corrected chi connectivity index (χ0v) is 6.60. The van der Waals surface area contributed by atoms with Crippen molar-refractivity contribution >= 4 is 0 Å². The largest absolute Gasteiger partial charge is 0.317 e. The third-order valence-electron chi connectivity index (χ3n) is 3.11. The fourth-order valence-corrected chi connectivity index (χ4v) is 2.44. The predicted molar refractivity (Wildman–Crippen MR) is 42.9 cm³/mol. The van der Waals surface area contributed by atoms with Gasteiger partial charge in [0.25, 0.3) is 0 Å². The summed E-state index contributed by atoms with van der Waals surface area (Å²) in [6.45, 7) is 2.55. The van der Waals surface area contributed by atoms with Crippen LogP contribution in [0.3, 0.4) is 0 Å². The lowest BCUT2D eigenvalue weighted by Gasteiger charge is -2.16. The van der Waals surface area contributed by atoms with Crippen molar-refractivity contribution in [3.05, 3.63) is 0 Å². The molecule has 1 heterocycles. The molecule has 1 heteroatoms. The Labute approximate surface area is 63.2 Å². The van der Waals surface area contributed by atoms with Crippen molar-refractivity contribution in [2.45, 2.75) is 32.1 Å².